The molecule has 0 amide bonds. The van der Waals surface area contributed by atoms with Gasteiger partial charge >= 0.3 is 0 Å². The number of aryl methyl sites for hydroxylation is 2. The lowest BCUT2D eigenvalue weighted by molar-refractivity contribution is -0.400. The van der Waals surface area contributed by atoms with Crippen molar-refractivity contribution in [1.29, 1.82) is 0 Å². The van der Waals surface area contributed by atoms with Gasteiger partial charge in [0.15, 0.2) is 0 Å². The Morgan fingerprint density at radius 1 is 1.39 bits per heavy atom. The SMILES string of the molecule is COc1cc2c(C)c(C)oc2cc1C=C[N+](=O)[O-]. The Morgan fingerprint density at radius 3 is 2.72 bits per heavy atom. The van der Waals surface area contributed by atoms with Gasteiger partial charge in [-0.1, -0.05) is 0 Å². The fourth-order valence-corrected chi connectivity index (χ4v) is 1.83. The molecule has 0 bridgehead atoms. The molecule has 0 spiro atoms. The van der Waals surface area contributed by atoms with E-state index in [0.717, 1.165) is 22.9 Å². The maximum Gasteiger partial charge on any atom is 0.235 e. The van der Waals surface area contributed by atoms with Gasteiger partial charge in [-0.2, -0.15) is 0 Å². The molecule has 1 aromatic carbocycles. The largest absolute Gasteiger partial charge is 0.496 e. The van der Waals surface area contributed by atoms with Crippen molar-refractivity contribution in [3.8, 4) is 5.75 Å². The molecule has 0 radical (unpaired) electrons. The second kappa shape index (κ2) is 4.52. The van der Waals surface area contributed by atoms with Crippen molar-refractivity contribution in [2.24, 2.45) is 0 Å². The van der Waals surface area contributed by atoms with Crippen LogP contribution >= 0.6 is 0 Å². The first-order chi connectivity index (χ1) is 8.52. The minimum Gasteiger partial charge on any atom is -0.496 e. The Kier molecular flexibility index (Phi) is 3.06. The number of benzene rings is 1. The lowest BCUT2D eigenvalue weighted by Gasteiger charge is -2.04. The molecule has 0 fully saturated rings. The van der Waals surface area contributed by atoms with E-state index in [-0.39, 0.29) is 0 Å². The Balaban J connectivity index is 2.62. The Hall–Kier alpha value is -2.30. The summed E-state index contributed by atoms with van der Waals surface area (Å²) in [6.45, 7) is 3.85. The van der Waals surface area contributed by atoms with Crippen LogP contribution in [0.25, 0.3) is 17.0 Å². The van der Waals surface area contributed by atoms with E-state index in [0.29, 0.717) is 16.9 Å². The summed E-state index contributed by atoms with van der Waals surface area (Å²) in [6, 6.07) is 3.58. The third-order valence-corrected chi connectivity index (χ3v) is 2.90. The molecule has 2 rings (SSSR count). The van der Waals surface area contributed by atoms with Crippen LogP contribution in [0.2, 0.25) is 0 Å². The van der Waals surface area contributed by atoms with E-state index >= 15 is 0 Å². The summed E-state index contributed by atoms with van der Waals surface area (Å²) in [6.07, 6.45) is 2.28. The molecule has 0 atom stereocenters. The highest BCUT2D eigenvalue weighted by atomic mass is 16.6. The summed E-state index contributed by atoms with van der Waals surface area (Å²) < 4.78 is 10.8. The van der Waals surface area contributed by atoms with E-state index in [1.165, 1.54) is 13.2 Å². The molecule has 0 aliphatic carbocycles. The third kappa shape index (κ3) is 2.07. The summed E-state index contributed by atoms with van der Waals surface area (Å²) in [5.41, 5.74) is 2.37. The predicted molar refractivity (Wildman–Crippen MR) is 68.3 cm³/mol. The van der Waals surface area contributed by atoms with Crippen LogP contribution in [0.4, 0.5) is 0 Å². The maximum atomic E-state index is 10.3. The maximum absolute atomic E-state index is 10.3. The molecule has 0 saturated carbocycles. The summed E-state index contributed by atoms with van der Waals surface area (Å²) in [7, 11) is 1.53. The highest BCUT2D eigenvalue weighted by Gasteiger charge is 2.11. The standard InChI is InChI=1S/C13H13NO4/c1-8-9(2)18-13-6-10(4-5-14(15)16)12(17-3)7-11(8)13/h4-7H,1-3H3. The smallest absolute Gasteiger partial charge is 0.235 e. The Bertz CT molecular complexity index is 640. The second-order valence-electron chi connectivity index (χ2n) is 3.97. The number of furan rings is 1. The zero-order valence-electron chi connectivity index (χ0n) is 10.4. The van der Waals surface area contributed by atoms with Gasteiger partial charge < -0.3 is 9.15 Å². The average molecular weight is 247 g/mol. The van der Waals surface area contributed by atoms with Gasteiger partial charge in [-0.15, -0.1) is 0 Å². The fourth-order valence-electron chi connectivity index (χ4n) is 1.83. The van der Waals surface area contributed by atoms with Crippen molar-refractivity contribution in [2.45, 2.75) is 13.8 Å². The third-order valence-electron chi connectivity index (χ3n) is 2.90. The number of nitrogens with zero attached hydrogens (tertiary/aromatic N) is 1. The van der Waals surface area contributed by atoms with Gasteiger partial charge in [0.25, 0.3) is 0 Å². The number of rotatable bonds is 3. The number of hydrogen-bond acceptors (Lipinski definition) is 4. The molecule has 18 heavy (non-hydrogen) atoms. The first-order valence-corrected chi connectivity index (χ1v) is 5.42. The average Bonchev–Trinajstić information content (AvgIpc) is 2.61. The van der Waals surface area contributed by atoms with Crippen LogP contribution in [-0.4, -0.2) is 12.0 Å². The second-order valence-corrected chi connectivity index (χ2v) is 3.97. The van der Waals surface area contributed by atoms with Crippen molar-refractivity contribution < 1.29 is 14.1 Å². The van der Waals surface area contributed by atoms with Gasteiger partial charge in [-0.3, -0.25) is 10.1 Å². The van der Waals surface area contributed by atoms with E-state index in [1.54, 1.807) is 6.07 Å². The molecule has 94 valence electrons. The van der Waals surface area contributed by atoms with Crippen LogP contribution in [0.5, 0.6) is 5.75 Å². The molecule has 1 aromatic heterocycles. The van der Waals surface area contributed by atoms with Gasteiger partial charge in [0.2, 0.25) is 6.20 Å². The predicted octanol–water partition coefficient (Wildman–Crippen LogP) is 3.31. The van der Waals surface area contributed by atoms with Crippen LogP contribution < -0.4 is 4.74 Å². The Morgan fingerprint density at radius 2 is 2.11 bits per heavy atom. The van der Waals surface area contributed by atoms with Crippen molar-refractivity contribution in [2.75, 3.05) is 7.11 Å². The summed E-state index contributed by atoms with van der Waals surface area (Å²) in [5, 5.41) is 11.3. The minimum absolute atomic E-state index is 0.512. The molecule has 5 nitrogen and oxygen atoms in total. The van der Waals surface area contributed by atoms with Gasteiger partial charge in [-0.25, -0.2) is 0 Å². The molecular formula is C13H13NO4. The molecule has 0 saturated heterocycles. The van der Waals surface area contributed by atoms with Crippen LogP contribution in [0, 0.1) is 24.0 Å². The van der Waals surface area contributed by atoms with Gasteiger partial charge in [0, 0.05) is 17.0 Å². The van der Waals surface area contributed by atoms with E-state index < -0.39 is 4.92 Å². The normalized spacial score (nSPS) is 11.3. The molecule has 0 N–H and O–H groups in total. The topological polar surface area (TPSA) is 65.5 Å². The van der Waals surface area contributed by atoms with Crippen LogP contribution in [-0.2, 0) is 0 Å². The van der Waals surface area contributed by atoms with Gasteiger partial charge in [-0.05, 0) is 31.5 Å². The molecule has 0 aliphatic heterocycles. The lowest BCUT2D eigenvalue weighted by Crippen LogP contribution is -1.88. The zero-order chi connectivity index (χ0) is 13.3. The number of hydrogen-bond donors (Lipinski definition) is 0. The number of fused-ring (bicyclic) bond motifs is 1. The van der Waals surface area contributed by atoms with Crippen LogP contribution in [0.3, 0.4) is 0 Å². The highest BCUT2D eigenvalue weighted by molar-refractivity contribution is 5.86. The molecule has 0 aliphatic rings. The molecule has 5 heteroatoms. The van der Waals surface area contributed by atoms with E-state index in [1.807, 2.05) is 19.9 Å². The summed E-state index contributed by atoms with van der Waals surface area (Å²) in [4.78, 5) is 9.84. The lowest BCUT2D eigenvalue weighted by atomic mass is 10.1. The quantitative estimate of drug-likeness (QED) is 0.616. The Labute approximate surface area is 104 Å². The summed E-state index contributed by atoms with van der Waals surface area (Å²) in [5.74, 6) is 1.42. The van der Waals surface area contributed by atoms with Crippen molar-refractivity contribution >= 4 is 17.0 Å². The van der Waals surface area contributed by atoms with Crippen molar-refractivity contribution in [3.63, 3.8) is 0 Å². The minimum atomic E-state index is -0.512. The summed E-state index contributed by atoms with van der Waals surface area (Å²) >= 11 is 0. The van der Waals surface area contributed by atoms with Gasteiger partial charge in [0.05, 0.1) is 12.0 Å². The molecule has 0 unspecified atom stereocenters. The first kappa shape index (κ1) is 12.2. The number of nitro groups is 1. The van der Waals surface area contributed by atoms with Crippen LogP contribution in [0.15, 0.2) is 22.7 Å². The van der Waals surface area contributed by atoms with E-state index in [9.17, 15) is 10.1 Å². The van der Waals surface area contributed by atoms with Crippen molar-refractivity contribution in [1.82, 2.24) is 0 Å². The zero-order valence-corrected chi connectivity index (χ0v) is 10.4. The van der Waals surface area contributed by atoms with Crippen LogP contribution in [0.1, 0.15) is 16.9 Å². The molecular weight excluding hydrogens is 234 g/mol. The highest BCUT2D eigenvalue weighted by Crippen LogP contribution is 2.32. The number of methoxy groups -OCH3 is 1. The fraction of sp³-hybridized carbons (Fsp3) is 0.231. The monoisotopic (exact) mass is 247 g/mol. The molecule has 1 heterocycles. The van der Waals surface area contributed by atoms with E-state index in [4.69, 9.17) is 9.15 Å². The molecule has 2 aromatic rings. The van der Waals surface area contributed by atoms with Gasteiger partial charge in [0.1, 0.15) is 17.1 Å². The number of ether oxygens (including phenoxy) is 1. The van der Waals surface area contributed by atoms with E-state index in [2.05, 4.69) is 0 Å². The first-order valence-electron chi connectivity index (χ1n) is 5.42. The van der Waals surface area contributed by atoms with Crippen molar-refractivity contribution in [3.05, 3.63) is 45.3 Å².